The molecule has 2 atom stereocenters. The average molecular weight is 483 g/mol. The lowest BCUT2D eigenvalue weighted by molar-refractivity contribution is -0.141. The standard InChI is InChI=1S/C26H24Cl2N2O3/c27-20-11-12-21(22(28)16-20)25(31)29-23(15-18-7-3-1-4-8-18)26(32)30-13-14-33-24(17-30)19-9-5-2-6-10-19/h1-12,16,23-24H,13-15,17H2,(H,29,31)/t23-,24-/m1/s1. The number of morpholine rings is 1. The fraction of sp³-hybridized carbons (Fsp3) is 0.231. The molecule has 0 aliphatic carbocycles. The predicted molar refractivity (Wildman–Crippen MR) is 130 cm³/mol. The highest BCUT2D eigenvalue weighted by atomic mass is 35.5. The Balaban J connectivity index is 1.54. The molecule has 0 bridgehead atoms. The molecule has 0 unspecified atom stereocenters. The van der Waals surface area contributed by atoms with Crippen LogP contribution < -0.4 is 5.32 Å². The molecule has 1 saturated heterocycles. The van der Waals surface area contributed by atoms with Gasteiger partial charge < -0.3 is 15.0 Å². The number of carbonyl (C=O) groups is 2. The number of benzene rings is 3. The lowest BCUT2D eigenvalue weighted by Gasteiger charge is -2.35. The van der Waals surface area contributed by atoms with Gasteiger partial charge in [-0.2, -0.15) is 0 Å². The maximum atomic E-state index is 13.6. The Morgan fingerprint density at radius 2 is 1.70 bits per heavy atom. The molecular formula is C26H24Cl2N2O3. The third-order valence-electron chi connectivity index (χ3n) is 5.61. The number of hydrogen-bond acceptors (Lipinski definition) is 3. The molecular weight excluding hydrogens is 459 g/mol. The van der Waals surface area contributed by atoms with Gasteiger partial charge >= 0.3 is 0 Å². The predicted octanol–water partition coefficient (Wildman–Crippen LogP) is 4.93. The van der Waals surface area contributed by atoms with Crippen LogP contribution in [0.3, 0.4) is 0 Å². The van der Waals surface area contributed by atoms with Crippen molar-refractivity contribution in [2.24, 2.45) is 0 Å². The van der Waals surface area contributed by atoms with Crippen LogP contribution in [-0.2, 0) is 16.0 Å². The number of carbonyl (C=O) groups excluding carboxylic acids is 2. The zero-order valence-electron chi connectivity index (χ0n) is 17.9. The van der Waals surface area contributed by atoms with Gasteiger partial charge in [0.1, 0.15) is 12.1 Å². The van der Waals surface area contributed by atoms with Crippen LogP contribution >= 0.6 is 23.2 Å². The summed E-state index contributed by atoms with van der Waals surface area (Å²) in [6, 6.07) is 23.4. The summed E-state index contributed by atoms with van der Waals surface area (Å²) in [5, 5.41) is 3.57. The zero-order valence-corrected chi connectivity index (χ0v) is 19.4. The molecule has 0 spiro atoms. The highest BCUT2D eigenvalue weighted by Crippen LogP contribution is 2.24. The molecule has 7 heteroatoms. The van der Waals surface area contributed by atoms with Gasteiger partial charge in [-0.05, 0) is 29.3 Å². The van der Waals surface area contributed by atoms with E-state index in [1.807, 2.05) is 60.7 Å². The van der Waals surface area contributed by atoms with Crippen LogP contribution in [0.15, 0.2) is 78.9 Å². The number of nitrogens with one attached hydrogen (secondary N) is 1. The highest BCUT2D eigenvalue weighted by Gasteiger charge is 2.31. The van der Waals surface area contributed by atoms with Crippen molar-refractivity contribution in [3.8, 4) is 0 Å². The molecule has 1 aliphatic heterocycles. The fourth-order valence-electron chi connectivity index (χ4n) is 3.90. The van der Waals surface area contributed by atoms with Crippen molar-refractivity contribution in [1.82, 2.24) is 10.2 Å². The van der Waals surface area contributed by atoms with Gasteiger partial charge in [0, 0.05) is 18.0 Å². The molecule has 0 aromatic heterocycles. The molecule has 33 heavy (non-hydrogen) atoms. The van der Waals surface area contributed by atoms with Crippen molar-refractivity contribution in [2.75, 3.05) is 19.7 Å². The molecule has 5 nitrogen and oxygen atoms in total. The fourth-order valence-corrected chi connectivity index (χ4v) is 4.39. The third-order valence-corrected chi connectivity index (χ3v) is 6.16. The van der Waals surface area contributed by atoms with Crippen molar-refractivity contribution in [1.29, 1.82) is 0 Å². The monoisotopic (exact) mass is 482 g/mol. The number of hydrogen-bond donors (Lipinski definition) is 1. The van der Waals surface area contributed by atoms with Gasteiger partial charge in [0.15, 0.2) is 0 Å². The van der Waals surface area contributed by atoms with Gasteiger partial charge in [0.25, 0.3) is 5.91 Å². The summed E-state index contributed by atoms with van der Waals surface area (Å²) in [5.41, 5.74) is 2.24. The van der Waals surface area contributed by atoms with Crippen LogP contribution in [0.25, 0.3) is 0 Å². The smallest absolute Gasteiger partial charge is 0.253 e. The minimum absolute atomic E-state index is 0.151. The van der Waals surface area contributed by atoms with Gasteiger partial charge in [0.05, 0.1) is 23.7 Å². The summed E-state index contributed by atoms with van der Waals surface area (Å²) in [5.74, 6) is -0.569. The second-order valence-corrected chi connectivity index (χ2v) is 8.74. The van der Waals surface area contributed by atoms with Crippen LogP contribution in [0.5, 0.6) is 0 Å². The second-order valence-electron chi connectivity index (χ2n) is 7.89. The van der Waals surface area contributed by atoms with E-state index in [0.717, 1.165) is 11.1 Å². The summed E-state index contributed by atoms with van der Waals surface area (Å²) < 4.78 is 5.91. The van der Waals surface area contributed by atoms with Crippen LogP contribution in [-0.4, -0.2) is 42.5 Å². The van der Waals surface area contributed by atoms with E-state index in [9.17, 15) is 9.59 Å². The zero-order chi connectivity index (χ0) is 23.2. The number of rotatable bonds is 6. The van der Waals surface area contributed by atoms with E-state index in [1.54, 1.807) is 17.0 Å². The second kappa shape index (κ2) is 10.8. The Hall–Kier alpha value is -2.86. The molecule has 1 fully saturated rings. The third kappa shape index (κ3) is 5.93. The van der Waals surface area contributed by atoms with Crippen molar-refractivity contribution >= 4 is 35.0 Å². The molecule has 1 aliphatic rings. The van der Waals surface area contributed by atoms with E-state index in [1.165, 1.54) is 6.07 Å². The average Bonchev–Trinajstić information content (AvgIpc) is 2.84. The Bertz CT molecular complexity index is 1110. The first-order valence-electron chi connectivity index (χ1n) is 10.8. The number of amides is 2. The topological polar surface area (TPSA) is 58.6 Å². The summed E-state index contributed by atoms with van der Waals surface area (Å²) in [6.45, 7) is 1.32. The Morgan fingerprint density at radius 1 is 1.00 bits per heavy atom. The van der Waals surface area contributed by atoms with Gasteiger partial charge in [-0.3, -0.25) is 9.59 Å². The number of nitrogens with zero attached hydrogens (tertiary/aromatic N) is 1. The van der Waals surface area contributed by atoms with E-state index < -0.39 is 11.9 Å². The quantitative estimate of drug-likeness (QED) is 0.541. The van der Waals surface area contributed by atoms with Gasteiger partial charge in [-0.25, -0.2) is 0 Å². The van der Waals surface area contributed by atoms with Crippen molar-refractivity contribution in [3.05, 3.63) is 106 Å². The van der Waals surface area contributed by atoms with Crippen LogP contribution in [0, 0.1) is 0 Å². The van der Waals surface area contributed by atoms with Crippen molar-refractivity contribution in [3.63, 3.8) is 0 Å². The van der Waals surface area contributed by atoms with Crippen molar-refractivity contribution in [2.45, 2.75) is 18.6 Å². The van der Waals surface area contributed by atoms with E-state index in [4.69, 9.17) is 27.9 Å². The summed E-state index contributed by atoms with van der Waals surface area (Å²) in [7, 11) is 0. The molecule has 0 saturated carbocycles. The van der Waals surface area contributed by atoms with Gasteiger partial charge in [0.2, 0.25) is 5.91 Å². The highest BCUT2D eigenvalue weighted by molar-refractivity contribution is 6.36. The summed E-state index contributed by atoms with van der Waals surface area (Å²) in [6.07, 6.45) is 0.159. The minimum atomic E-state index is -0.749. The SMILES string of the molecule is O=C(N[C@H](Cc1ccccc1)C(=O)N1CCO[C@@H](c2ccccc2)C1)c1ccc(Cl)cc1Cl. The Labute approximate surface area is 203 Å². The van der Waals surface area contributed by atoms with Crippen molar-refractivity contribution < 1.29 is 14.3 Å². The van der Waals surface area contributed by atoms with E-state index in [-0.39, 0.29) is 22.6 Å². The normalized spacial score (nSPS) is 16.8. The number of ether oxygens (including phenoxy) is 1. The van der Waals surface area contributed by atoms with Crippen LogP contribution in [0.1, 0.15) is 27.6 Å². The van der Waals surface area contributed by atoms with E-state index in [0.29, 0.717) is 31.1 Å². The molecule has 1 N–H and O–H groups in total. The molecule has 0 radical (unpaired) electrons. The molecule has 3 aromatic carbocycles. The largest absolute Gasteiger partial charge is 0.370 e. The van der Waals surface area contributed by atoms with Crippen LogP contribution in [0.4, 0.5) is 0 Å². The Kier molecular flexibility index (Phi) is 7.65. The van der Waals surface area contributed by atoms with Gasteiger partial charge in [-0.1, -0.05) is 83.9 Å². The lowest BCUT2D eigenvalue weighted by Crippen LogP contribution is -2.53. The maximum Gasteiger partial charge on any atom is 0.253 e. The molecule has 2 amide bonds. The first-order chi connectivity index (χ1) is 16.0. The summed E-state index contributed by atoms with van der Waals surface area (Å²) >= 11 is 12.2. The summed E-state index contributed by atoms with van der Waals surface area (Å²) in [4.78, 5) is 28.4. The number of halogens is 2. The lowest BCUT2D eigenvalue weighted by atomic mass is 10.0. The van der Waals surface area contributed by atoms with E-state index >= 15 is 0 Å². The molecule has 4 rings (SSSR count). The van der Waals surface area contributed by atoms with Crippen LogP contribution in [0.2, 0.25) is 10.0 Å². The molecule has 170 valence electrons. The minimum Gasteiger partial charge on any atom is -0.370 e. The van der Waals surface area contributed by atoms with E-state index in [2.05, 4.69) is 5.32 Å². The first-order valence-corrected chi connectivity index (χ1v) is 11.5. The maximum absolute atomic E-state index is 13.6. The Morgan fingerprint density at radius 3 is 2.39 bits per heavy atom. The molecule has 1 heterocycles. The van der Waals surface area contributed by atoms with Gasteiger partial charge in [-0.15, -0.1) is 0 Å². The molecule has 3 aromatic rings. The first kappa shape index (κ1) is 23.3.